The monoisotopic (exact) mass is 518 g/mol. The van der Waals surface area contributed by atoms with Crippen LogP contribution in [0.3, 0.4) is 0 Å². The lowest BCUT2D eigenvalue weighted by molar-refractivity contribution is -0.139. The normalized spacial score (nSPS) is 25.4. The van der Waals surface area contributed by atoms with Crippen LogP contribution in [0, 0.1) is 5.92 Å². The standard InChI is InChI=1S/C24H27ClN4O5S/c1-33-14-9-16(28-26-10-14)18-7-8-19(35-18)23(31)27-20(13-5-3-2-4-6-13)24(32)29-11-15(25)22-21(29)17(30)12-34-22/h7-10,13,15,20-22H,2-6,11-12H2,1H3,(H,27,31)/t15-,20?,21+,22+/m0/s1. The number of amides is 2. The molecule has 11 heteroatoms. The molecule has 3 fully saturated rings. The first kappa shape index (κ1) is 24.1. The van der Waals surface area contributed by atoms with Gasteiger partial charge in [-0.3, -0.25) is 14.4 Å². The van der Waals surface area contributed by atoms with Crippen LogP contribution in [0.5, 0.6) is 5.75 Å². The molecule has 0 spiro atoms. The summed E-state index contributed by atoms with van der Waals surface area (Å²) >= 11 is 7.69. The maximum atomic E-state index is 13.8. The van der Waals surface area contributed by atoms with E-state index in [1.165, 1.54) is 22.4 Å². The maximum absolute atomic E-state index is 13.8. The molecule has 9 nitrogen and oxygen atoms in total. The minimum atomic E-state index is -0.721. The first-order valence-corrected chi connectivity index (χ1v) is 13.1. The fourth-order valence-corrected chi connectivity index (χ4v) is 6.47. The van der Waals surface area contributed by atoms with Crippen molar-refractivity contribution in [3.8, 4) is 16.3 Å². The fraction of sp³-hybridized carbons (Fsp3) is 0.542. The van der Waals surface area contributed by atoms with Gasteiger partial charge in [0.2, 0.25) is 5.91 Å². The summed E-state index contributed by atoms with van der Waals surface area (Å²) in [5.41, 5.74) is 0.601. The van der Waals surface area contributed by atoms with Crippen LogP contribution in [-0.4, -0.2) is 76.5 Å². The number of likely N-dealkylation sites (tertiary alicyclic amines) is 1. The summed E-state index contributed by atoms with van der Waals surface area (Å²) in [5.74, 6) is -0.133. The number of methoxy groups -OCH3 is 1. The Morgan fingerprint density at radius 2 is 2.09 bits per heavy atom. The van der Waals surface area contributed by atoms with E-state index in [0.717, 1.165) is 37.0 Å². The summed E-state index contributed by atoms with van der Waals surface area (Å²) in [5, 5.41) is 10.6. The number of nitrogens with one attached hydrogen (secondary N) is 1. The van der Waals surface area contributed by atoms with E-state index in [1.54, 1.807) is 25.3 Å². The lowest BCUT2D eigenvalue weighted by Gasteiger charge is -2.34. The lowest BCUT2D eigenvalue weighted by Crippen LogP contribution is -2.55. The van der Waals surface area contributed by atoms with Crippen LogP contribution in [0.2, 0.25) is 0 Å². The Kier molecular flexibility index (Phi) is 7.04. The summed E-state index contributed by atoms with van der Waals surface area (Å²) in [6, 6.07) is 3.88. The van der Waals surface area contributed by atoms with E-state index < -0.39 is 23.6 Å². The van der Waals surface area contributed by atoms with E-state index in [-0.39, 0.29) is 36.7 Å². The first-order valence-electron chi connectivity index (χ1n) is 11.8. The number of Topliss-reactive ketones (excluding diaryl/α,β-unsaturated/α-hetero) is 1. The zero-order valence-electron chi connectivity index (χ0n) is 19.3. The number of nitrogens with zero attached hydrogens (tertiary/aromatic N) is 3. The second-order valence-electron chi connectivity index (χ2n) is 9.19. The van der Waals surface area contributed by atoms with Gasteiger partial charge < -0.3 is 19.7 Å². The molecule has 1 saturated carbocycles. The van der Waals surface area contributed by atoms with Gasteiger partial charge in [0, 0.05) is 12.6 Å². The fourth-order valence-electron chi connectivity index (χ4n) is 5.24. The van der Waals surface area contributed by atoms with Crippen molar-refractivity contribution < 1.29 is 23.9 Å². The van der Waals surface area contributed by atoms with Crippen molar-refractivity contribution in [2.24, 2.45) is 5.92 Å². The number of aromatic nitrogens is 2. The molecule has 35 heavy (non-hydrogen) atoms. The van der Waals surface area contributed by atoms with Crippen LogP contribution >= 0.6 is 22.9 Å². The van der Waals surface area contributed by atoms with Gasteiger partial charge in [-0.15, -0.1) is 28.0 Å². The van der Waals surface area contributed by atoms with E-state index in [2.05, 4.69) is 15.5 Å². The van der Waals surface area contributed by atoms with Crippen molar-refractivity contribution in [2.45, 2.75) is 55.7 Å². The van der Waals surface area contributed by atoms with Crippen molar-refractivity contribution in [3.63, 3.8) is 0 Å². The number of hydrogen-bond acceptors (Lipinski definition) is 8. The number of ketones is 1. The van der Waals surface area contributed by atoms with Gasteiger partial charge >= 0.3 is 0 Å². The van der Waals surface area contributed by atoms with Crippen LogP contribution in [0.4, 0.5) is 0 Å². The largest absolute Gasteiger partial charge is 0.495 e. The quantitative estimate of drug-likeness (QED) is 0.585. The lowest BCUT2D eigenvalue weighted by atomic mass is 9.83. The molecule has 1 aliphatic carbocycles. The van der Waals surface area contributed by atoms with Gasteiger partial charge in [-0.2, -0.15) is 5.10 Å². The highest BCUT2D eigenvalue weighted by atomic mass is 35.5. The topological polar surface area (TPSA) is 111 Å². The molecule has 186 valence electrons. The van der Waals surface area contributed by atoms with E-state index in [1.807, 2.05) is 0 Å². The highest BCUT2D eigenvalue weighted by Crippen LogP contribution is 2.34. The van der Waals surface area contributed by atoms with Gasteiger partial charge in [0.25, 0.3) is 5.91 Å². The molecule has 2 amide bonds. The first-order chi connectivity index (χ1) is 17.0. The Balaban J connectivity index is 1.36. The predicted octanol–water partition coefficient (Wildman–Crippen LogP) is 2.68. The Hall–Kier alpha value is -2.56. The average Bonchev–Trinajstić information content (AvgIpc) is 3.61. The van der Waals surface area contributed by atoms with Gasteiger partial charge in [0.05, 0.1) is 28.4 Å². The number of fused-ring (bicyclic) bond motifs is 1. The van der Waals surface area contributed by atoms with Gasteiger partial charge in [-0.05, 0) is 30.9 Å². The Bertz CT molecular complexity index is 1120. The average molecular weight is 519 g/mol. The Morgan fingerprint density at radius 1 is 1.29 bits per heavy atom. The van der Waals surface area contributed by atoms with Crippen LogP contribution in [0.15, 0.2) is 24.4 Å². The molecule has 4 heterocycles. The predicted molar refractivity (Wildman–Crippen MR) is 130 cm³/mol. The number of ether oxygens (including phenoxy) is 2. The molecule has 0 bridgehead atoms. The number of carbonyl (C=O) groups excluding carboxylic acids is 3. The number of hydrogen-bond donors (Lipinski definition) is 1. The third kappa shape index (κ3) is 4.79. The molecule has 1 N–H and O–H groups in total. The van der Waals surface area contributed by atoms with Crippen LogP contribution in [-0.2, 0) is 14.3 Å². The SMILES string of the molecule is COc1cnnc(-c2ccc(C(=O)NC(C(=O)N3C[C@H](Cl)[C@H]4OCC(=O)[C@H]43)C3CCCCC3)s2)c1. The summed E-state index contributed by atoms with van der Waals surface area (Å²) in [6.45, 7) is 0.201. The molecule has 0 aromatic carbocycles. The van der Waals surface area contributed by atoms with E-state index in [0.29, 0.717) is 16.3 Å². The molecule has 0 radical (unpaired) electrons. The second-order valence-corrected chi connectivity index (χ2v) is 10.8. The number of alkyl halides is 1. The Morgan fingerprint density at radius 3 is 2.86 bits per heavy atom. The van der Waals surface area contributed by atoms with E-state index in [4.69, 9.17) is 21.1 Å². The second kappa shape index (κ2) is 10.2. The zero-order chi connectivity index (χ0) is 24.5. The van der Waals surface area contributed by atoms with Crippen molar-refractivity contribution in [2.75, 3.05) is 20.3 Å². The Labute approximate surface area is 212 Å². The number of carbonyl (C=O) groups is 3. The smallest absolute Gasteiger partial charge is 0.262 e. The minimum Gasteiger partial charge on any atom is -0.495 e. The van der Waals surface area contributed by atoms with Crippen molar-refractivity contribution in [1.82, 2.24) is 20.4 Å². The molecule has 2 saturated heterocycles. The van der Waals surface area contributed by atoms with E-state index in [9.17, 15) is 14.4 Å². The molecule has 3 aliphatic rings. The summed E-state index contributed by atoms with van der Waals surface area (Å²) < 4.78 is 10.7. The minimum absolute atomic E-state index is 0.00846. The van der Waals surface area contributed by atoms with Crippen LogP contribution in [0.1, 0.15) is 41.8 Å². The van der Waals surface area contributed by atoms with Crippen LogP contribution in [0.25, 0.3) is 10.6 Å². The van der Waals surface area contributed by atoms with Crippen LogP contribution < -0.4 is 10.1 Å². The molecule has 1 unspecified atom stereocenters. The maximum Gasteiger partial charge on any atom is 0.262 e. The van der Waals surface area contributed by atoms with Crippen molar-refractivity contribution in [1.29, 1.82) is 0 Å². The molecule has 2 aromatic heterocycles. The highest BCUT2D eigenvalue weighted by Gasteiger charge is 2.53. The van der Waals surface area contributed by atoms with E-state index >= 15 is 0 Å². The molecule has 2 aliphatic heterocycles. The molecular formula is C24H27ClN4O5S. The van der Waals surface area contributed by atoms with Gasteiger partial charge in [0.15, 0.2) is 5.78 Å². The van der Waals surface area contributed by atoms with Crippen molar-refractivity contribution in [3.05, 3.63) is 29.3 Å². The number of rotatable bonds is 6. The van der Waals surface area contributed by atoms with Gasteiger partial charge in [0.1, 0.15) is 36.2 Å². The highest BCUT2D eigenvalue weighted by molar-refractivity contribution is 7.17. The molecule has 4 atom stereocenters. The number of halogens is 1. The summed E-state index contributed by atoms with van der Waals surface area (Å²) in [7, 11) is 1.55. The summed E-state index contributed by atoms with van der Waals surface area (Å²) in [4.78, 5) is 42.3. The third-order valence-corrected chi connectivity index (χ3v) is 8.52. The number of thiophene rings is 1. The van der Waals surface area contributed by atoms with Crippen molar-refractivity contribution >= 4 is 40.5 Å². The molecular weight excluding hydrogens is 492 g/mol. The third-order valence-electron chi connectivity index (χ3n) is 7.03. The molecule has 5 rings (SSSR count). The zero-order valence-corrected chi connectivity index (χ0v) is 20.9. The molecule has 2 aromatic rings. The van der Waals surface area contributed by atoms with Gasteiger partial charge in [-0.25, -0.2) is 0 Å². The van der Waals surface area contributed by atoms with Gasteiger partial charge in [-0.1, -0.05) is 19.3 Å². The summed E-state index contributed by atoms with van der Waals surface area (Å²) in [6.07, 6.45) is 5.86.